The number of benzene rings is 1. The summed E-state index contributed by atoms with van der Waals surface area (Å²) in [5, 5.41) is 18.5. The fourth-order valence-corrected chi connectivity index (χ4v) is 2.13. The van der Waals surface area contributed by atoms with E-state index in [1.165, 1.54) is 0 Å². The Balaban J connectivity index is 2.21. The summed E-state index contributed by atoms with van der Waals surface area (Å²) in [6, 6.07) is 5.34. The molecule has 1 atom stereocenters. The number of hydrogen-bond acceptors (Lipinski definition) is 3. The summed E-state index contributed by atoms with van der Waals surface area (Å²) in [5.41, 5.74) is 1.75. The molecule has 16 heavy (non-hydrogen) atoms. The van der Waals surface area contributed by atoms with Crippen LogP contribution in [0.3, 0.4) is 0 Å². The van der Waals surface area contributed by atoms with E-state index in [4.69, 9.17) is 5.11 Å². The van der Waals surface area contributed by atoms with Crippen molar-refractivity contribution in [1.82, 2.24) is 0 Å². The Morgan fingerprint density at radius 2 is 2.25 bits per heavy atom. The van der Waals surface area contributed by atoms with E-state index in [1.807, 2.05) is 17.9 Å². The molecular formula is C12H15NO3. The maximum Gasteiger partial charge on any atom is 0.308 e. The molecule has 0 bridgehead atoms. The molecule has 86 valence electrons. The number of phenols is 1. The van der Waals surface area contributed by atoms with Crippen LogP contribution in [0, 0.1) is 12.8 Å². The SMILES string of the molecule is Cc1c(O)cccc1N1CCC(C(=O)O)C1. The molecule has 2 N–H and O–H groups in total. The van der Waals surface area contributed by atoms with Gasteiger partial charge in [-0.15, -0.1) is 0 Å². The van der Waals surface area contributed by atoms with Gasteiger partial charge in [0.05, 0.1) is 5.92 Å². The van der Waals surface area contributed by atoms with Crippen molar-refractivity contribution in [3.8, 4) is 5.75 Å². The molecule has 1 saturated heterocycles. The highest BCUT2D eigenvalue weighted by Gasteiger charge is 2.28. The second-order valence-corrected chi connectivity index (χ2v) is 4.19. The summed E-state index contributed by atoms with van der Waals surface area (Å²) >= 11 is 0. The van der Waals surface area contributed by atoms with Crippen molar-refractivity contribution in [2.75, 3.05) is 18.0 Å². The number of aromatic hydroxyl groups is 1. The number of carbonyl (C=O) groups is 1. The fraction of sp³-hybridized carbons (Fsp3) is 0.417. The van der Waals surface area contributed by atoms with Gasteiger partial charge in [0, 0.05) is 24.3 Å². The summed E-state index contributed by atoms with van der Waals surface area (Å²) in [5.74, 6) is -0.765. The summed E-state index contributed by atoms with van der Waals surface area (Å²) < 4.78 is 0. The number of nitrogens with zero attached hydrogens (tertiary/aromatic N) is 1. The van der Waals surface area contributed by atoms with Crippen LogP contribution in [-0.4, -0.2) is 29.3 Å². The van der Waals surface area contributed by atoms with Gasteiger partial charge in [0.25, 0.3) is 0 Å². The highest BCUT2D eigenvalue weighted by atomic mass is 16.4. The zero-order valence-corrected chi connectivity index (χ0v) is 9.18. The van der Waals surface area contributed by atoms with Gasteiger partial charge in [-0.3, -0.25) is 4.79 Å². The fourth-order valence-electron chi connectivity index (χ4n) is 2.13. The van der Waals surface area contributed by atoms with Gasteiger partial charge in [-0.05, 0) is 25.5 Å². The van der Waals surface area contributed by atoms with Crippen molar-refractivity contribution in [3.05, 3.63) is 23.8 Å². The highest BCUT2D eigenvalue weighted by molar-refractivity contribution is 5.72. The lowest BCUT2D eigenvalue weighted by Crippen LogP contribution is -2.23. The van der Waals surface area contributed by atoms with E-state index >= 15 is 0 Å². The molecule has 0 saturated carbocycles. The molecular weight excluding hydrogens is 206 g/mol. The van der Waals surface area contributed by atoms with E-state index in [0.717, 1.165) is 17.8 Å². The topological polar surface area (TPSA) is 60.8 Å². The normalized spacial score (nSPS) is 20.1. The monoisotopic (exact) mass is 221 g/mol. The molecule has 4 nitrogen and oxygen atoms in total. The van der Waals surface area contributed by atoms with E-state index in [2.05, 4.69) is 0 Å². The van der Waals surface area contributed by atoms with Crippen LogP contribution < -0.4 is 4.90 Å². The first kappa shape index (κ1) is 10.8. The summed E-state index contributed by atoms with van der Waals surface area (Å²) in [6.45, 7) is 3.11. The zero-order chi connectivity index (χ0) is 11.7. The Hall–Kier alpha value is -1.71. The summed E-state index contributed by atoms with van der Waals surface area (Å²) in [4.78, 5) is 12.9. The van der Waals surface area contributed by atoms with E-state index < -0.39 is 5.97 Å². The van der Waals surface area contributed by atoms with Crippen LogP contribution in [0.1, 0.15) is 12.0 Å². The molecule has 0 amide bonds. The smallest absolute Gasteiger partial charge is 0.308 e. The van der Waals surface area contributed by atoms with Crippen molar-refractivity contribution in [2.24, 2.45) is 5.92 Å². The van der Waals surface area contributed by atoms with Crippen molar-refractivity contribution in [3.63, 3.8) is 0 Å². The average molecular weight is 221 g/mol. The Kier molecular flexibility index (Phi) is 2.73. The quantitative estimate of drug-likeness (QED) is 0.796. The van der Waals surface area contributed by atoms with E-state index in [-0.39, 0.29) is 11.7 Å². The molecule has 1 aromatic carbocycles. The number of rotatable bonds is 2. The van der Waals surface area contributed by atoms with Crippen LogP contribution in [0.4, 0.5) is 5.69 Å². The first-order valence-electron chi connectivity index (χ1n) is 5.36. The highest BCUT2D eigenvalue weighted by Crippen LogP contribution is 2.31. The molecule has 0 spiro atoms. The number of phenolic OH excluding ortho intramolecular Hbond substituents is 1. The molecule has 1 aromatic rings. The lowest BCUT2D eigenvalue weighted by molar-refractivity contribution is -0.140. The number of carboxylic acids is 1. The molecule has 1 aliphatic heterocycles. The van der Waals surface area contributed by atoms with Crippen molar-refractivity contribution in [1.29, 1.82) is 0 Å². The lowest BCUT2D eigenvalue weighted by atomic mass is 10.1. The van der Waals surface area contributed by atoms with Crippen LogP contribution in [0.15, 0.2) is 18.2 Å². The molecule has 4 heteroatoms. The minimum Gasteiger partial charge on any atom is -0.508 e. The maximum atomic E-state index is 10.9. The third kappa shape index (κ3) is 1.83. The molecule has 1 aliphatic rings. The van der Waals surface area contributed by atoms with Gasteiger partial charge in [0.1, 0.15) is 5.75 Å². The second kappa shape index (κ2) is 4.04. The molecule has 2 rings (SSSR count). The van der Waals surface area contributed by atoms with Crippen molar-refractivity contribution in [2.45, 2.75) is 13.3 Å². The predicted molar refractivity (Wildman–Crippen MR) is 60.8 cm³/mol. The number of anilines is 1. The standard InChI is InChI=1S/C12H15NO3/c1-8-10(3-2-4-11(8)14)13-6-5-9(7-13)12(15)16/h2-4,9,14H,5-7H2,1H3,(H,15,16). The average Bonchev–Trinajstić information content (AvgIpc) is 2.71. The molecule has 1 fully saturated rings. The van der Waals surface area contributed by atoms with Crippen molar-refractivity contribution < 1.29 is 15.0 Å². The Morgan fingerprint density at radius 1 is 1.50 bits per heavy atom. The molecule has 1 unspecified atom stereocenters. The second-order valence-electron chi connectivity index (χ2n) is 4.19. The van der Waals surface area contributed by atoms with Crippen LogP contribution in [0.2, 0.25) is 0 Å². The van der Waals surface area contributed by atoms with Crippen LogP contribution in [0.25, 0.3) is 0 Å². The van der Waals surface area contributed by atoms with Crippen LogP contribution in [0.5, 0.6) is 5.75 Å². The van der Waals surface area contributed by atoms with Gasteiger partial charge in [0.2, 0.25) is 0 Å². The maximum absolute atomic E-state index is 10.9. The van der Waals surface area contributed by atoms with Gasteiger partial charge >= 0.3 is 5.97 Å². The molecule has 0 aromatic heterocycles. The van der Waals surface area contributed by atoms with Gasteiger partial charge in [-0.2, -0.15) is 0 Å². The van der Waals surface area contributed by atoms with Gasteiger partial charge in [-0.1, -0.05) is 6.07 Å². The van der Waals surface area contributed by atoms with Gasteiger partial charge < -0.3 is 15.1 Å². The third-order valence-electron chi connectivity index (χ3n) is 3.15. The van der Waals surface area contributed by atoms with Crippen molar-refractivity contribution >= 4 is 11.7 Å². The third-order valence-corrected chi connectivity index (χ3v) is 3.15. The number of hydrogen-bond donors (Lipinski definition) is 2. The number of carboxylic acid groups (broad SMARTS) is 1. The number of aliphatic carboxylic acids is 1. The molecule has 1 heterocycles. The minimum atomic E-state index is -0.736. The van der Waals surface area contributed by atoms with Crippen LogP contribution in [-0.2, 0) is 4.79 Å². The van der Waals surface area contributed by atoms with E-state index in [0.29, 0.717) is 13.0 Å². The Labute approximate surface area is 94.1 Å². The van der Waals surface area contributed by atoms with Crippen LogP contribution >= 0.6 is 0 Å². The Morgan fingerprint density at radius 3 is 2.88 bits per heavy atom. The minimum absolute atomic E-state index is 0.260. The lowest BCUT2D eigenvalue weighted by Gasteiger charge is -2.20. The predicted octanol–water partition coefficient (Wildman–Crippen LogP) is 1.61. The first-order valence-corrected chi connectivity index (χ1v) is 5.36. The first-order chi connectivity index (χ1) is 7.59. The van der Waals surface area contributed by atoms with Gasteiger partial charge in [-0.25, -0.2) is 0 Å². The summed E-state index contributed by atoms with van der Waals surface area (Å²) in [6.07, 6.45) is 0.671. The van der Waals surface area contributed by atoms with E-state index in [9.17, 15) is 9.90 Å². The van der Waals surface area contributed by atoms with E-state index in [1.54, 1.807) is 12.1 Å². The summed E-state index contributed by atoms with van der Waals surface area (Å²) in [7, 11) is 0. The Bertz CT molecular complexity index is 417. The zero-order valence-electron chi connectivity index (χ0n) is 9.18. The molecule has 0 radical (unpaired) electrons. The largest absolute Gasteiger partial charge is 0.508 e. The molecule has 0 aliphatic carbocycles. The van der Waals surface area contributed by atoms with Gasteiger partial charge in [0.15, 0.2) is 0 Å².